The smallest absolute Gasteiger partial charge is 0.212 e. The fourth-order valence-corrected chi connectivity index (χ4v) is 2.21. The van der Waals surface area contributed by atoms with Gasteiger partial charge in [0.1, 0.15) is 6.54 Å². The summed E-state index contributed by atoms with van der Waals surface area (Å²) in [5.41, 5.74) is 0.408. The van der Waals surface area contributed by atoms with Crippen molar-refractivity contribution in [2.75, 3.05) is 13.7 Å². The number of carbonyl (C=O) groups is 2. The highest BCUT2D eigenvalue weighted by Gasteiger charge is 2.29. The van der Waals surface area contributed by atoms with Gasteiger partial charge in [0, 0.05) is 24.2 Å². The fraction of sp³-hybridized carbons (Fsp3) is 0.444. The molecule has 0 radical (unpaired) electrons. The topological polar surface area (TPSA) is 88.8 Å². The highest BCUT2D eigenvalue weighted by Crippen LogP contribution is 2.22. The Morgan fingerprint density at radius 3 is 2.67 bits per heavy atom. The monoisotopic (exact) mass is 330 g/mol. The zero-order chi connectivity index (χ0) is 17.9. The number of pyridine rings is 1. The molecule has 0 saturated heterocycles. The normalized spacial score (nSPS) is 16.3. The third-order valence-electron chi connectivity index (χ3n) is 4.21. The van der Waals surface area contributed by atoms with Crippen LogP contribution in [0.4, 0.5) is 0 Å². The van der Waals surface area contributed by atoms with Gasteiger partial charge in [-0.25, -0.2) is 4.98 Å². The van der Waals surface area contributed by atoms with Crippen LogP contribution in [0, 0.1) is 5.92 Å². The molecule has 1 aromatic heterocycles. The van der Waals surface area contributed by atoms with E-state index in [1.165, 1.54) is 13.2 Å². The second kappa shape index (κ2) is 7.05. The maximum Gasteiger partial charge on any atom is 0.212 e. The van der Waals surface area contributed by atoms with Gasteiger partial charge in [0.2, 0.25) is 5.88 Å². The molecule has 1 aromatic rings. The molecule has 0 fully saturated rings. The van der Waals surface area contributed by atoms with Crippen molar-refractivity contribution in [3.63, 3.8) is 0 Å². The van der Waals surface area contributed by atoms with Crippen molar-refractivity contribution in [3.8, 4) is 5.88 Å². The van der Waals surface area contributed by atoms with Crippen LogP contribution in [-0.4, -0.2) is 46.6 Å². The third-order valence-corrected chi connectivity index (χ3v) is 4.21. The maximum atomic E-state index is 12.5. The van der Waals surface area contributed by atoms with Crippen LogP contribution in [0.5, 0.6) is 5.88 Å². The van der Waals surface area contributed by atoms with Gasteiger partial charge in [-0.1, -0.05) is 6.92 Å². The van der Waals surface area contributed by atoms with Gasteiger partial charge in [-0.15, -0.1) is 0 Å². The van der Waals surface area contributed by atoms with E-state index >= 15 is 0 Å². The first kappa shape index (κ1) is 18.0. The highest BCUT2D eigenvalue weighted by atomic mass is 16.5. The van der Waals surface area contributed by atoms with Crippen molar-refractivity contribution < 1.29 is 19.4 Å². The number of hydrogen-bond donors (Lipinski definition) is 1. The number of aliphatic hydroxyl groups is 1. The first-order valence-corrected chi connectivity index (χ1v) is 7.77. The molecule has 2 rings (SSSR count). The lowest BCUT2D eigenvalue weighted by Gasteiger charge is -2.25. The number of hydrogen-bond acceptors (Lipinski definition) is 6. The summed E-state index contributed by atoms with van der Waals surface area (Å²) in [6.07, 6.45) is 3.20. The molecule has 6 nitrogen and oxygen atoms in total. The molecule has 0 saturated carbocycles. The minimum Gasteiger partial charge on any atom is -0.481 e. The van der Waals surface area contributed by atoms with Crippen LogP contribution in [-0.2, 0) is 9.59 Å². The van der Waals surface area contributed by atoms with Crippen molar-refractivity contribution in [2.45, 2.75) is 32.8 Å². The second-order valence-electron chi connectivity index (χ2n) is 6.45. The van der Waals surface area contributed by atoms with Gasteiger partial charge in [0.25, 0.3) is 0 Å². The van der Waals surface area contributed by atoms with Crippen LogP contribution in [0.1, 0.15) is 32.8 Å². The summed E-state index contributed by atoms with van der Waals surface area (Å²) < 4.78 is 5.01. The number of methoxy groups -OCH3 is 1. The summed E-state index contributed by atoms with van der Waals surface area (Å²) in [5.74, 6) is -0.356. The molecule has 1 aliphatic rings. The SMILES string of the molecule is COc1ccc(C2=NCC(=O)C(C(=O)C[C@H](C)C(C)(C)O)=C2)cn1. The largest absolute Gasteiger partial charge is 0.481 e. The Labute approximate surface area is 141 Å². The van der Waals surface area contributed by atoms with Crippen molar-refractivity contribution in [3.05, 3.63) is 35.5 Å². The number of rotatable bonds is 6. The molecule has 0 unspecified atom stereocenters. The van der Waals surface area contributed by atoms with E-state index < -0.39 is 5.60 Å². The number of carbonyl (C=O) groups excluding carboxylic acids is 2. The van der Waals surface area contributed by atoms with Crippen molar-refractivity contribution in [2.24, 2.45) is 10.9 Å². The van der Waals surface area contributed by atoms with Crippen molar-refractivity contribution in [1.29, 1.82) is 0 Å². The Balaban J connectivity index is 2.22. The third kappa shape index (κ3) is 4.14. The standard InChI is InChI=1S/C18H22N2O4/c1-11(18(2,3)23)7-15(21)13-8-14(19-10-16(13)22)12-5-6-17(24-4)20-9-12/h5-6,8-9,11,23H,7,10H2,1-4H3/t11-/m0/s1. The minimum absolute atomic E-state index is 0.0597. The van der Waals surface area contributed by atoms with Gasteiger partial charge in [-0.05, 0) is 31.9 Å². The molecule has 0 spiro atoms. The van der Waals surface area contributed by atoms with E-state index in [9.17, 15) is 14.7 Å². The van der Waals surface area contributed by atoms with Gasteiger partial charge in [0.15, 0.2) is 11.6 Å². The number of aromatic nitrogens is 1. The zero-order valence-corrected chi connectivity index (χ0v) is 14.4. The molecule has 6 heteroatoms. The average molecular weight is 330 g/mol. The molecule has 24 heavy (non-hydrogen) atoms. The summed E-state index contributed by atoms with van der Waals surface area (Å²) in [6.45, 7) is 5.03. The Morgan fingerprint density at radius 2 is 2.12 bits per heavy atom. The van der Waals surface area contributed by atoms with Crippen LogP contribution in [0.15, 0.2) is 35.0 Å². The number of ketones is 2. The molecule has 0 aliphatic carbocycles. The maximum absolute atomic E-state index is 12.5. The van der Waals surface area contributed by atoms with Crippen LogP contribution < -0.4 is 4.74 Å². The van der Waals surface area contributed by atoms with E-state index in [-0.39, 0.29) is 36.0 Å². The van der Waals surface area contributed by atoms with E-state index in [0.29, 0.717) is 17.2 Å². The molecule has 2 heterocycles. The first-order chi connectivity index (χ1) is 11.2. The van der Waals surface area contributed by atoms with E-state index in [4.69, 9.17) is 4.74 Å². The van der Waals surface area contributed by atoms with Gasteiger partial charge >= 0.3 is 0 Å². The number of nitrogens with zero attached hydrogens (tertiary/aromatic N) is 2. The molecule has 1 atom stereocenters. The van der Waals surface area contributed by atoms with Gasteiger partial charge in [-0.3, -0.25) is 14.6 Å². The van der Waals surface area contributed by atoms with E-state index in [1.54, 1.807) is 39.1 Å². The lowest BCUT2D eigenvalue weighted by Crippen LogP contribution is -2.32. The Hall–Kier alpha value is -2.34. The fourth-order valence-electron chi connectivity index (χ4n) is 2.21. The van der Waals surface area contributed by atoms with Crippen LogP contribution in [0.2, 0.25) is 0 Å². The Morgan fingerprint density at radius 1 is 1.42 bits per heavy atom. The van der Waals surface area contributed by atoms with Crippen molar-refractivity contribution in [1.82, 2.24) is 4.98 Å². The van der Waals surface area contributed by atoms with Crippen molar-refractivity contribution >= 4 is 17.3 Å². The molecular formula is C18H22N2O4. The molecular weight excluding hydrogens is 308 g/mol. The number of allylic oxidation sites excluding steroid dienone is 1. The van der Waals surface area contributed by atoms with Crippen LogP contribution >= 0.6 is 0 Å². The second-order valence-corrected chi connectivity index (χ2v) is 6.45. The van der Waals surface area contributed by atoms with E-state index in [2.05, 4.69) is 9.98 Å². The van der Waals surface area contributed by atoms with Crippen LogP contribution in [0.3, 0.4) is 0 Å². The predicted octanol–water partition coefficient (Wildman–Crippen LogP) is 1.75. The minimum atomic E-state index is -0.981. The number of dihydropyridines is 1. The van der Waals surface area contributed by atoms with E-state index in [0.717, 1.165) is 0 Å². The molecule has 0 amide bonds. The quantitative estimate of drug-likeness (QED) is 0.803. The lowest BCUT2D eigenvalue weighted by atomic mass is 9.85. The molecule has 1 aliphatic heterocycles. The summed E-state index contributed by atoms with van der Waals surface area (Å²) in [5, 5.41) is 9.98. The van der Waals surface area contributed by atoms with Gasteiger partial charge in [-0.2, -0.15) is 0 Å². The molecule has 0 aromatic carbocycles. The summed E-state index contributed by atoms with van der Waals surface area (Å²) in [6, 6.07) is 3.47. The Kier molecular flexibility index (Phi) is 5.29. The summed E-state index contributed by atoms with van der Waals surface area (Å²) >= 11 is 0. The van der Waals surface area contributed by atoms with E-state index in [1.807, 2.05) is 0 Å². The highest BCUT2D eigenvalue weighted by molar-refractivity contribution is 6.28. The first-order valence-electron chi connectivity index (χ1n) is 7.77. The molecule has 128 valence electrons. The van der Waals surface area contributed by atoms with Crippen LogP contribution in [0.25, 0.3) is 0 Å². The summed E-state index contributed by atoms with van der Waals surface area (Å²) in [7, 11) is 1.53. The molecule has 1 N–H and O–H groups in total. The summed E-state index contributed by atoms with van der Waals surface area (Å²) in [4.78, 5) is 32.8. The Bertz CT molecular complexity index is 697. The number of ether oxygens (including phenoxy) is 1. The van der Waals surface area contributed by atoms with Gasteiger partial charge in [0.05, 0.1) is 24.0 Å². The number of Topliss-reactive ketones (excluding diaryl/α,β-unsaturated/α-hetero) is 2. The molecule has 0 bridgehead atoms. The lowest BCUT2D eigenvalue weighted by molar-refractivity contribution is -0.122. The average Bonchev–Trinajstić information content (AvgIpc) is 2.54. The van der Waals surface area contributed by atoms with Gasteiger partial charge < -0.3 is 9.84 Å². The zero-order valence-electron chi connectivity index (χ0n) is 14.4. The predicted molar refractivity (Wildman–Crippen MR) is 90.4 cm³/mol. The number of aliphatic imine (C=N–C) groups is 1.